The molecule has 1 atom stereocenters. The number of halogens is 1. The minimum atomic E-state index is -3.86. The van der Waals surface area contributed by atoms with E-state index >= 15 is 0 Å². The van der Waals surface area contributed by atoms with Crippen LogP contribution in [0.3, 0.4) is 0 Å². The minimum Gasteiger partial charge on any atom is -0.409 e. The fraction of sp³-hybridized carbons (Fsp3) is 0.417. The standard InChI is InChI=1S/C12H18FN3O3S/c1-3-10(7-12(14)15-17)16-20(18,19)11-6-9(13)5-4-8(11)2/h4-6,10,16-17H,3,7H2,1-2H3,(H2,14,15). The van der Waals surface area contributed by atoms with E-state index in [1.165, 1.54) is 12.1 Å². The van der Waals surface area contributed by atoms with Crippen LogP contribution < -0.4 is 10.5 Å². The number of amidine groups is 1. The highest BCUT2D eigenvalue weighted by Crippen LogP contribution is 2.17. The Hall–Kier alpha value is -1.67. The highest BCUT2D eigenvalue weighted by molar-refractivity contribution is 7.89. The molecule has 1 aromatic rings. The molecule has 0 radical (unpaired) electrons. The Kier molecular flexibility index (Phi) is 5.46. The van der Waals surface area contributed by atoms with Gasteiger partial charge in [0.15, 0.2) is 0 Å². The molecule has 0 amide bonds. The van der Waals surface area contributed by atoms with Crippen LogP contribution in [-0.2, 0) is 10.0 Å². The summed E-state index contributed by atoms with van der Waals surface area (Å²) in [6, 6.07) is 3.03. The molecule has 0 aliphatic heterocycles. The molecule has 0 saturated carbocycles. The normalized spacial score (nSPS) is 14.2. The number of benzene rings is 1. The molecule has 0 aromatic heterocycles. The van der Waals surface area contributed by atoms with Gasteiger partial charge in [-0.1, -0.05) is 18.1 Å². The number of nitrogens with two attached hydrogens (primary N) is 1. The van der Waals surface area contributed by atoms with Gasteiger partial charge in [0.2, 0.25) is 10.0 Å². The zero-order valence-corrected chi connectivity index (χ0v) is 12.1. The average molecular weight is 303 g/mol. The fourth-order valence-electron chi connectivity index (χ4n) is 1.71. The summed E-state index contributed by atoms with van der Waals surface area (Å²) in [6.45, 7) is 3.34. The van der Waals surface area contributed by atoms with Crippen molar-refractivity contribution >= 4 is 15.9 Å². The Morgan fingerprint density at radius 3 is 2.75 bits per heavy atom. The molecule has 0 bridgehead atoms. The van der Waals surface area contributed by atoms with Crippen LogP contribution >= 0.6 is 0 Å². The number of hydrogen-bond acceptors (Lipinski definition) is 4. The van der Waals surface area contributed by atoms with Crippen LogP contribution in [0.25, 0.3) is 0 Å². The molecule has 112 valence electrons. The summed E-state index contributed by atoms with van der Waals surface area (Å²) in [6.07, 6.45) is 0.518. The van der Waals surface area contributed by atoms with Crippen LogP contribution in [0.2, 0.25) is 0 Å². The molecule has 1 rings (SSSR count). The quantitative estimate of drug-likeness (QED) is 0.319. The first-order chi connectivity index (χ1) is 9.30. The van der Waals surface area contributed by atoms with E-state index in [9.17, 15) is 12.8 Å². The molecule has 6 nitrogen and oxygen atoms in total. The van der Waals surface area contributed by atoms with E-state index in [0.29, 0.717) is 12.0 Å². The Balaban J connectivity index is 3.01. The Morgan fingerprint density at radius 1 is 1.55 bits per heavy atom. The maximum atomic E-state index is 13.2. The second kappa shape index (κ2) is 6.67. The summed E-state index contributed by atoms with van der Waals surface area (Å²) in [4.78, 5) is -0.115. The van der Waals surface area contributed by atoms with Crippen LogP contribution in [0, 0.1) is 12.7 Å². The lowest BCUT2D eigenvalue weighted by Crippen LogP contribution is -2.37. The molecule has 1 unspecified atom stereocenters. The van der Waals surface area contributed by atoms with E-state index in [1.807, 2.05) is 0 Å². The molecule has 0 saturated heterocycles. The summed E-state index contributed by atoms with van der Waals surface area (Å²) in [5, 5.41) is 11.3. The van der Waals surface area contributed by atoms with E-state index in [-0.39, 0.29) is 17.2 Å². The Morgan fingerprint density at radius 2 is 2.20 bits per heavy atom. The molecule has 0 aliphatic rings. The summed E-state index contributed by atoms with van der Waals surface area (Å²) < 4.78 is 40.1. The van der Waals surface area contributed by atoms with Gasteiger partial charge in [-0.05, 0) is 31.0 Å². The van der Waals surface area contributed by atoms with Crippen LogP contribution in [0.15, 0.2) is 28.3 Å². The van der Waals surface area contributed by atoms with E-state index < -0.39 is 21.9 Å². The third-order valence-corrected chi connectivity index (χ3v) is 4.50. The molecule has 20 heavy (non-hydrogen) atoms. The predicted octanol–water partition coefficient (Wildman–Crippen LogP) is 1.33. The molecule has 8 heteroatoms. The van der Waals surface area contributed by atoms with Crippen LogP contribution in [0.4, 0.5) is 4.39 Å². The third-order valence-electron chi connectivity index (χ3n) is 2.84. The lowest BCUT2D eigenvalue weighted by atomic mass is 10.1. The van der Waals surface area contributed by atoms with Crippen molar-refractivity contribution in [2.45, 2.75) is 37.6 Å². The van der Waals surface area contributed by atoms with Gasteiger partial charge in [-0.15, -0.1) is 0 Å². The summed E-state index contributed by atoms with van der Waals surface area (Å²) >= 11 is 0. The van der Waals surface area contributed by atoms with Crippen molar-refractivity contribution < 1.29 is 18.0 Å². The first-order valence-electron chi connectivity index (χ1n) is 6.05. The summed E-state index contributed by atoms with van der Waals surface area (Å²) in [5.41, 5.74) is 5.81. The fourth-order valence-corrected chi connectivity index (χ4v) is 3.28. The maximum absolute atomic E-state index is 13.2. The second-order valence-electron chi connectivity index (χ2n) is 4.43. The van der Waals surface area contributed by atoms with Gasteiger partial charge in [-0.3, -0.25) is 0 Å². The van der Waals surface area contributed by atoms with Gasteiger partial charge in [0, 0.05) is 12.5 Å². The van der Waals surface area contributed by atoms with Crippen molar-refractivity contribution in [3.05, 3.63) is 29.6 Å². The molecular formula is C12H18FN3O3S. The topological polar surface area (TPSA) is 105 Å². The van der Waals surface area contributed by atoms with Crippen molar-refractivity contribution in [2.75, 3.05) is 0 Å². The highest BCUT2D eigenvalue weighted by Gasteiger charge is 2.22. The van der Waals surface area contributed by atoms with E-state index in [4.69, 9.17) is 10.9 Å². The number of oxime groups is 1. The van der Waals surface area contributed by atoms with E-state index in [1.54, 1.807) is 13.8 Å². The SMILES string of the molecule is CCC(CC(N)=NO)NS(=O)(=O)c1cc(F)ccc1C. The summed E-state index contributed by atoms with van der Waals surface area (Å²) in [7, 11) is -3.86. The molecule has 0 fully saturated rings. The zero-order valence-electron chi connectivity index (χ0n) is 11.3. The lowest BCUT2D eigenvalue weighted by molar-refractivity contribution is 0.316. The largest absolute Gasteiger partial charge is 0.409 e. The number of hydrogen-bond donors (Lipinski definition) is 3. The molecule has 1 aromatic carbocycles. The first-order valence-corrected chi connectivity index (χ1v) is 7.53. The van der Waals surface area contributed by atoms with Gasteiger partial charge < -0.3 is 10.9 Å². The van der Waals surface area contributed by atoms with Crippen LogP contribution in [0.1, 0.15) is 25.3 Å². The van der Waals surface area contributed by atoms with Crippen LogP contribution in [-0.4, -0.2) is 25.5 Å². The summed E-state index contributed by atoms with van der Waals surface area (Å²) in [5.74, 6) is -0.698. The molecule has 4 N–H and O–H groups in total. The number of nitrogens with zero attached hydrogens (tertiary/aromatic N) is 1. The van der Waals surface area contributed by atoms with Crippen molar-refractivity contribution in [3.63, 3.8) is 0 Å². The molecule has 0 spiro atoms. The first kappa shape index (κ1) is 16.4. The van der Waals surface area contributed by atoms with Crippen molar-refractivity contribution in [2.24, 2.45) is 10.9 Å². The molecular weight excluding hydrogens is 285 g/mol. The monoisotopic (exact) mass is 303 g/mol. The number of rotatable bonds is 6. The minimum absolute atomic E-state index is 0.0700. The Bertz CT molecular complexity index is 602. The lowest BCUT2D eigenvalue weighted by Gasteiger charge is -2.17. The van der Waals surface area contributed by atoms with Gasteiger partial charge in [-0.2, -0.15) is 0 Å². The van der Waals surface area contributed by atoms with Crippen LogP contribution in [0.5, 0.6) is 0 Å². The smallest absolute Gasteiger partial charge is 0.241 e. The number of nitrogens with one attached hydrogen (secondary N) is 1. The van der Waals surface area contributed by atoms with Gasteiger partial charge in [0.05, 0.1) is 4.90 Å². The molecule has 0 aliphatic carbocycles. The third kappa shape index (κ3) is 4.17. The van der Waals surface area contributed by atoms with Gasteiger partial charge in [-0.25, -0.2) is 17.5 Å². The zero-order chi connectivity index (χ0) is 15.3. The Labute approximate surface area is 117 Å². The van der Waals surface area contributed by atoms with E-state index in [0.717, 1.165) is 6.07 Å². The predicted molar refractivity (Wildman–Crippen MR) is 73.6 cm³/mol. The molecule has 0 heterocycles. The second-order valence-corrected chi connectivity index (χ2v) is 6.11. The van der Waals surface area contributed by atoms with Gasteiger partial charge in [0.1, 0.15) is 11.7 Å². The van der Waals surface area contributed by atoms with E-state index in [2.05, 4.69) is 9.88 Å². The van der Waals surface area contributed by atoms with Gasteiger partial charge >= 0.3 is 0 Å². The number of sulfonamides is 1. The van der Waals surface area contributed by atoms with Crippen molar-refractivity contribution in [1.29, 1.82) is 0 Å². The highest BCUT2D eigenvalue weighted by atomic mass is 32.2. The average Bonchev–Trinajstić information content (AvgIpc) is 2.40. The maximum Gasteiger partial charge on any atom is 0.241 e. The van der Waals surface area contributed by atoms with Crippen molar-refractivity contribution in [1.82, 2.24) is 4.72 Å². The van der Waals surface area contributed by atoms with Gasteiger partial charge in [0.25, 0.3) is 0 Å². The van der Waals surface area contributed by atoms with Crippen molar-refractivity contribution in [3.8, 4) is 0 Å². The number of aryl methyl sites for hydroxylation is 1.